The fourth-order valence-electron chi connectivity index (χ4n) is 3.70. The van der Waals surface area contributed by atoms with Crippen LogP contribution in [0.2, 0.25) is 5.02 Å². The van der Waals surface area contributed by atoms with Crippen molar-refractivity contribution in [2.45, 2.75) is 19.1 Å². The molecule has 0 aliphatic heterocycles. The van der Waals surface area contributed by atoms with E-state index >= 15 is 0 Å². The summed E-state index contributed by atoms with van der Waals surface area (Å²) in [6.07, 6.45) is 1.86. The number of ether oxygens (including phenoxy) is 4. The van der Waals surface area contributed by atoms with Crippen LogP contribution in [0.1, 0.15) is 18.9 Å². The van der Waals surface area contributed by atoms with Crippen molar-refractivity contribution in [3.05, 3.63) is 47.1 Å². The van der Waals surface area contributed by atoms with Gasteiger partial charge in [0.05, 0.1) is 40.4 Å². The monoisotopic (exact) mass is 608 g/mol. The minimum atomic E-state index is -3.72. The van der Waals surface area contributed by atoms with Gasteiger partial charge in [0.25, 0.3) is 0 Å². The van der Waals surface area contributed by atoms with Crippen LogP contribution < -0.4 is 39.6 Å². The number of carbonyl (C=O) groups excluding carboxylic acids is 1. The van der Waals surface area contributed by atoms with Gasteiger partial charge in [0.1, 0.15) is 10.8 Å². The number of methoxy groups -OCH3 is 4. The number of hydrogen-bond donors (Lipinski definition) is 4. The fraction of sp³-hybridized carbons (Fsp3) is 0.346. The number of halogens is 1. The Kier molecular flexibility index (Phi) is 11.2. The van der Waals surface area contributed by atoms with Crippen molar-refractivity contribution in [3.63, 3.8) is 0 Å². The van der Waals surface area contributed by atoms with Gasteiger partial charge >= 0.3 is 0 Å². The second-order valence-electron chi connectivity index (χ2n) is 8.57. The highest BCUT2D eigenvalue weighted by Gasteiger charge is 2.18. The summed E-state index contributed by atoms with van der Waals surface area (Å²) in [6.45, 7) is 1.93. The first kappa shape index (κ1) is 31.5. The summed E-state index contributed by atoms with van der Waals surface area (Å²) in [7, 11) is 2.30. The van der Waals surface area contributed by atoms with Crippen LogP contribution in [0.25, 0.3) is 0 Å². The third kappa shape index (κ3) is 8.99. The largest absolute Gasteiger partial charge is 0.497 e. The highest BCUT2D eigenvalue weighted by atomic mass is 35.5. The number of aromatic nitrogens is 2. The Hall–Kier alpha value is -4.01. The molecule has 0 saturated carbocycles. The number of sulfonamides is 1. The first-order valence-corrected chi connectivity index (χ1v) is 14.4. The molecule has 1 amide bonds. The van der Waals surface area contributed by atoms with E-state index in [-0.39, 0.29) is 35.0 Å². The average Bonchev–Trinajstić information content (AvgIpc) is 2.94. The van der Waals surface area contributed by atoms with E-state index in [2.05, 4.69) is 30.6 Å². The summed E-state index contributed by atoms with van der Waals surface area (Å²) >= 11 is 6.39. The van der Waals surface area contributed by atoms with Crippen LogP contribution in [0, 0.1) is 0 Å². The minimum absolute atomic E-state index is 0.170. The van der Waals surface area contributed by atoms with E-state index in [1.165, 1.54) is 41.6 Å². The molecule has 4 N–H and O–H groups in total. The summed E-state index contributed by atoms with van der Waals surface area (Å²) in [4.78, 5) is 19.7. The maximum atomic E-state index is 12.8. The van der Waals surface area contributed by atoms with Crippen LogP contribution in [-0.2, 0) is 20.6 Å². The molecule has 2 aromatic carbocycles. The van der Waals surface area contributed by atoms with Gasteiger partial charge in [-0.1, -0.05) is 11.6 Å². The molecule has 3 aromatic rings. The Bertz CT molecular complexity index is 1450. The van der Waals surface area contributed by atoms with Gasteiger partial charge in [-0.2, -0.15) is 4.98 Å². The van der Waals surface area contributed by atoms with Crippen LogP contribution in [0.15, 0.2) is 36.5 Å². The molecule has 0 saturated heterocycles. The van der Waals surface area contributed by atoms with Crippen LogP contribution >= 0.6 is 11.6 Å². The summed E-state index contributed by atoms with van der Waals surface area (Å²) in [5.41, 5.74) is 1.44. The van der Waals surface area contributed by atoms with E-state index in [1.807, 2.05) is 0 Å². The Morgan fingerprint density at radius 2 is 1.66 bits per heavy atom. The standard InChI is InChI=1S/C26H33ClN6O7S/c1-16(34)28-9-6-10-30-41(35,36)15-17-11-19(37-2)7-8-21(17)32-25-20(27)14-29-26(33-25)31-18-12-22(38-3)24(40-5)23(13-18)39-4/h7-8,11-14,30H,6,9-10,15H2,1-5H3,(H,28,34)(H2,29,31,32,33). The van der Waals surface area contributed by atoms with E-state index in [0.29, 0.717) is 52.9 Å². The Balaban J connectivity index is 1.83. The number of amides is 1. The lowest BCUT2D eigenvalue weighted by Gasteiger charge is -2.16. The number of anilines is 4. The molecule has 222 valence electrons. The summed E-state index contributed by atoms with van der Waals surface area (Å²) in [5.74, 6) is 1.72. The Morgan fingerprint density at radius 1 is 0.951 bits per heavy atom. The van der Waals surface area contributed by atoms with Crippen LogP contribution in [0.3, 0.4) is 0 Å². The first-order chi connectivity index (χ1) is 19.6. The molecule has 0 aliphatic carbocycles. The Morgan fingerprint density at radius 3 is 2.27 bits per heavy atom. The van der Waals surface area contributed by atoms with Crippen molar-refractivity contribution in [2.24, 2.45) is 0 Å². The number of rotatable bonds is 15. The third-order valence-corrected chi connectivity index (χ3v) is 7.24. The zero-order valence-electron chi connectivity index (χ0n) is 23.3. The number of hydrogen-bond acceptors (Lipinski definition) is 11. The molecular formula is C26H33ClN6O7S. The van der Waals surface area contributed by atoms with Crippen LogP contribution in [0.4, 0.5) is 23.1 Å². The number of carbonyl (C=O) groups is 1. The molecule has 0 fully saturated rings. The maximum Gasteiger partial charge on any atom is 0.229 e. The predicted octanol–water partition coefficient (Wildman–Crippen LogP) is 3.60. The van der Waals surface area contributed by atoms with Crippen molar-refractivity contribution in [2.75, 3.05) is 52.2 Å². The van der Waals surface area contributed by atoms with Crippen molar-refractivity contribution in [3.8, 4) is 23.0 Å². The van der Waals surface area contributed by atoms with Crippen molar-refractivity contribution in [1.29, 1.82) is 0 Å². The van der Waals surface area contributed by atoms with Gasteiger partial charge in [-0.3, -0.25) is 4.79 Å². The molecule has 0 radical (unpaired) electrons. The summed E-state index contributed by atoms with van der Waals surface area (Å²) < 4.78 is 49.6. The second-order valence-corrected chi connectivity index (χ2v) is 10.8. The van der Waals surface area contributed by atoms with Crippen LogP contribution in [0.5, 0.6) is 23.0 Å². The normalized spacial score (nSPS) is 11.0. The smallest absolute Gasteiger partial charge is 0.229 e. The molecular weight excluding hydrogens is 576 g/mol. The van der Waals surface area contributed by atoms with E-state index in [0.717, 1.165) is 0 Å². The molecule has 0 aliphatic rings. The molecule has 13 nitrogen and oxygen atoms in total. The molecule has 15 heteroatoms. The predicted molar refractivity (Wildman–Crippen MR) is 157 cm³/mol. The van der Waals surface area contributed by atoms with Crippen molar-refractivity contribution >= 4 is 50.7 Å². The van der Waals surface area contributed by atoms with Crippen molar-refractivity contribution in [1.82, 2.24) is 20.0 Å². The van der Waals surface area contributed by atoms with E-state index in [4.69, 9.17) is 30.5 Å². The lowest BCUT2D eigenvalue weighted by Crippen LogP contribution is -2.29. The highest BCUT2D eigenvalue weighted by Crippen LogP contribution is 2.40. The first-order valence-electron chi connectivity index (χ1n) is 12.3. The van der Waals surface area contributed by atoms with Gasteiger partial charge in [0, 0.05) is 43.5 Å². The molecule has 41 heavy (non-hydrogen) atoms. The SMILES string of the molecule is COc1ccc(Nc2nc(Nc3cc(OC)c(OC)c(OC)c3)ncc2Cl)c(CS(=O)(=O)NCCCNC(C)=O)c1. The van der Waals surface area contributed by atoms with Crippen molar-refractivity contribution < 1.29 is 32.2 Å². The number of nitrogens with zero attached hydrogens (tertiary/aromatic N) is 2. The topological polar surface area (TPSA) is 162 Å². The third-order valence-electron chi connectivity index (χ3n) is 5.63. The molecule has 0 spiro atoms. The lowest BCUT2D eigenvalue weighted by molar-refractivity contribution is -0.118. The molecule has 0 bridgehead atoms. The van der Waals surface area contributed by atoms with Gasteiger partial charge in [0.15, 0.2) is 17.3 Å². The van der Waals surface area contributed by atoms with Gasteiger partial charge in [-0.25, -0.2) is 18.1 Å². The van der Waals surface area contributed by atoms with Gasteiger partial charge in [-0.05, 0) is 30.2 Å². The lowest BCUT2D eigenvalue weighted by atomic mass is 10.2. The van der Waals surface area contributed by atoms with E-state index in [1.54, 1.807) is 30.3 Å². The zero-order valence-corrected chi connectivity index (χ0v) is 24.9. The summed E-state index contributed by atoms with van der Waals surface area (Å²) in [5, 5.41) is 9.02. The fourth-order valence-corrected chi connectivity index (χ4v) is 5.04. The molecule has 0 unspecified atom stereocenters. The molecule has 1 heterocycles. The van der Waals surface area contributed by atoms with Gasteiger partial charge in [0.2, 0.25) is 27.6 Å². The van der Waals surface area contributed by atoms with Gasteiger partial charge in [-0.15, -0.1) is 0 Å². The molecule has 1 aromatic heterocycles. The maximum absolute atomic E-state index is 12.8. The minimum Gasteiger partial charge on any atom is -0.497 e. The number of nitrogens with one attached hydrogen (secondary N) is 4. The summed E-state index contributed by atoms with van der Waals surface area (Å²) in [6, 6.07) is 8.36. The molecule has 3 rings (SSSR count). The number of benzene rings is 2. The highest BCUT2D eigenvalue weighted by molar-refractivity contribution is 7.88. The quantitative estimate of drug-likeness (QED) is 0.186. The van der Waals surface area contributed by atoms with Crippen LogP contribution in [-0.4, -0.2) is 65.8 Å². The van der Waals surface area contributed by atoms with E-state index < -0.39 is 10.0 Å². The zero-order chi connectivity index (χ0) is 30.0. The van der Waals surface area contributed by atoms with Gasteiger partial charge < -0.3 is 34.9 Å². The average molecular weight is 609 g/mol. The Labute approximate surface area is 244 Å². The van der Waals surface area contributed by atoms with E-state index in [9.17, 15) is 13.2 Å². The molecule has 0 atom stereocenters. The second kappa shape index (κ2) is 14.6.